The van der Waals surface area contributed by atoms with Gasteiger partial charge in [-0.15, -0.1) is 0 Å². The largest absolute Gasteiger partial charge is 0.378 e. The van der Waals surface area contributed by atoms with Gasteiger partial charge in [-0.2, -0.15) is 0 Å². The molecule has 0 saturated carbocycles. The molecule has 0 radical (unpaired) electrons. The number of hydrogen-bond acceptors (Lipinski definition) is 4. The van der Waals surface area contributed by atoms with E-state index in [0.29, 0.717) is 39.4 Å². The maximum absolute atomic E-state index is 11.8. The Morgan fingerprint density at radius 1 is 1.57 bits per heavy atom. The molecule has 3 N–H and O–H groups in total. The number of amides is 1. The molecule has 1 unspecified atom stereocenters. The van der Waals surface area contributed by atoms with Crippen LogP contribution in [0.3, 0.4) is 0 Å². The average Bonchev–Trinajstić information content (AvgIpc) is 2.26. The fraction of sp³-hybridized carbons (Fsp3) is 0.889. The Balaban J connectivity index is 2.30. The third kappa shape index (κ3) is 3.25. The van der Waals surface area contributed by atoms with Crippen LogP contribution in [-0.2, 0) is 9.53 Å². The van der Waals surface area contributed by atoms with E-state index in [0.717, 1.165) is 0 Å². The predicted octanol–water partition coefficient (Wildman–Crippen LogP) is -1.22. The summed E-state index contributed by atoms with van der Waals surface area (Å²) in [4.78, 5) is 13.6. The SMILES string of the molecule is CC(NCCN)C(=O)N1CCOCC1. The van der Waals surface area contributed by atoms with E-state index in [2.05, 4.69) is 5.32 Å². The lowest BCUT2D eigenvalue weighted by Gasteiger charge is -2.29. The molecule has 1 fully saturated rings. The van der Waals surface area contributed by atoms with Crippen molar-refractivity contribution in [1.82, 2.24) is 10.2 Å². The number of hydrogen-bond donors (Lipinski definition) is 2. The highest BCUT2D eigenvalue weighted by molar-refractivity contribution is 5.81. The summed E-state index contributed by atoms with van der Waals surface area (Å²) < 4.78 is 5.18. The molecule has 0 aliphatic carbocycles. The fourth-order valence-corrected chi connectivity index (χ4v) is 1.44. The highest BCUT2D eigenvalue weighted by atomic mass is 16.5. The summed E-state index contributed by atoms with van der Waals surface area (Å²) in [7, 11) is 0. The molecule has 0 aromatic rings. The third-order valence-electron chi connectivity index (χ3n) is 2.29. The zero-order chi connectivity index (χ0) is 10.4. The van der Waals surface area contributed by atoms with Crippen LogP contribution >= 0.6 is 0 Å². The standard InChI is InChI=1S/C9H19N3O2/c1-8(11-3-2-10)9(13)12-4-6-14-7-5-12/h8,11H,2-7,10H2,1H3. The minimum atomic E-state index is -0.142. The molecule has 0 aromatic heterocycles. The van der Waals surface area contributed by atoms with Crippen LogP contribution in [0.5, 0.6) is 0 Å². The van der Waals surface area contributed by atoms with Crippen molar-refractivity contribution in [3.8, 4) is 0 Å². The molecule has 0 aromatic carbocycles. The van der Waals surface area contributed by atoms with Gasteiger partial charge in [-0.3, -0.25) is 4.79 Å². The smallest absolute Gasteiger partial charge is 0.239 e. The molecule has 14 heavy (non-hydrogen) atoms. The second kappa shape index (κ2) is 5.95. The lowest BCUT2D eigenvalue weighted by molar-refractivity contribution is -0.137. The lowest BCUT2D eigenvalue weighted by atomic mass is 10.2. The minimum Gasteiger partial charge on any atom is -0.378 e. The summed E-state index contributed by atoms with van der Waals surface area (Å²) >= 11 is 0. The third-order valence-corrected chi connectivity index (χ3v) is 2.29. The Hall–Kier alpha value is -0.650. The van der Waals surface area contributed by atoms with Gasteiger partial charge in [0.25, 0.3) is 0 Å². The molecule has 0 spiro atoms. The van der Waals surface area contributed by atoms with Crippen LogP contribution in [0.15, 0.2) is 0 Å². The van der Waals surface area contributed by atoms with E-state index in [1.807, 2.05) is 11.8 Å². The van der Waals surface area contributed by atoms with Gasteiger partial charge in [0.05, 0.1) is 19.3 Å². The van der Waals surface area contributed by atoms with Crippen LogP contribution < -0.4 is 11.1 Å². The average molecular weight is 201 g/mol. The summed E-state index contributed by atoms with van der Waals surface area (Å²) in [5, 5.41) is 3.07. The van der Waals surface area contributed by atoms with Crippen molar-refractivity contribution in [2.24, 2.45) is 5.73 Å². The van der Waals surface area contributed by atoms with Crippen molar-refractivity contribution in [2.75, 3.05) is 39.4 Å². The Kier molecular flexibility index (Phi) is 4.86. The molecule has 1 aliphatic heterocycles. The second-order valence-corrected chi connectivity index (χ2v) is 3.40. The molecule has 1 saturated heterocycles. The maximum Gasteiger partial charge on any atom is 0.239 e. The minimum absolute atomic E-state index is 0.141. The van der Waals surface area contributed by atoms with E-state index >= 15 is 0 Å². The quantitative estimate of drug-likeness (QED) is 0.598. The summed E-state index contributed by atoms with van der Waals surface area (Å²) in [6.07, 6.45) is 0. The van der Waals surface area contributed by atoms with Gasteiger partial charge in [-0.25, -0.2) is 0 Å². The van der Waals surface area contributed by atoms with E-state index < -0.39 is 0 Å². The predicted molar refractivity (Wildman–Crippen MR) is 53.9 cm³/mol. The zero-order valence-corrected chi connectivity index (χ0v) is 8.66. The van der Waals surface area contributed by atoms with Gasteiger partial charge in [0, 0.05) is 26.2 Å². The van der Waals surface area contributed by atoms with E-state index in [1.54, 1.807) is 0 Å². The normalized spacial score (nSPS) is 19.4. The van der Waals surface area contributed by atoms with Crippen molar-refractivity contribution >= 4 is 5.91 Å². The number of carbonyl (C=O) groups excluding carboxylic acids is 1. The first kappa shape index (κ1) is 11.4. The summed E-state index contributed by atoms with van der Waals surface area (Å²) in [5.41, 5.74) is 5.35. The lowest BCUT2D eigenvalue weighted by Crippen LogP contribution is -2.49. The number of morpholine rings is 1. The number of nitrogens with zero attached hydrogens (tertiary/aromatic N) is 1. The molecule has 1 atom stereocenters. The van der Waals surface area contributed by atoms with E-state index in [1.165, 1.54) is 0 Å². The van der Waals surface area contributed by atoms with Gasteiger partial charge in [0.15, 0.2) is 0 Å². The van der Waals surface area contributed by atoms with Crippen LogP contribution in [0, 0.1) is 0 Å². The number of carbonyl (C=O) groups is 1. The Bertz CT molecular complexity index is 181. The number of rotatable bonds is 4. The van der Waals surface area contributed by atoms with Gasteiger partial charge in [0.2, 0.25) is 5.91 Å². The van der Waals surface area contributed by atoms with Gasteiger partial charge in [0.1, 0.15) is 0 Å². The van der Waals surface area contributed by atoms with Crippen molar-refractivity contribution in [2.45, 2.75) is 13.0 Å². The number of ether oxygens (including phenoxy) is 1. The molecule has 5 nitrogen and oxygen atoms in total. The topological polar surface area (TPSA) is 67.6 Å². The van der Waals surface area contributed by atoms with E-state index in [-0.39, 0.29) is 11.9 Å². The summed E-state index contributed by atoms with van der Waals surface area (Å²) in [6.45, 7) is 5.80. The Morgan fingerprint density at radius 3 is 2.79 bits per heavy atom. The molecule has 0 bridgehead atoms. The first-order valence-electron chi connectivity index (χ1n) is 5.05. The summed E-state index contributed by atoms with van der Waals surface area (Å²) in [6, 6.07) is -0.142. The molecular weight excluding hydrogens is 182 g/mol. The van der Waals surface area contributed by atoms with Crippen LogP contribution in [0.2, 0.25) is 0 Å². The van der Waals surface area contributed by atoms with E-state index in [9.17, 15) is 4.79 Å². The first-order chi connectivity index (χ1) is 6.75. The number of nitrogens with two attached hydrogens (primary N) is 1. The van der Waals surface area contributed by atoms with Crippen molar-refractivity contribution in [1.29, 1.82) is 0 Å². The monoisotopic (exact) mass is 201 g/mol. The van der Waals surface area contributed by atoms with Gasteiger partial charge in [-0.1, -0.05) is 0 Å². The summed E-state index contributed by atoms with van der Waals surface area (Å²) in [5.74, 6) is 0.141. The molecule has 82 valence electrons. The Morgan fingerprint density at radius 2 is 2.21 bits per heavy atom. The highest BCUT2D eigenvalue weighted by Gasteiger charge is 2.21. The first-order valence-corrected chi connectivity index (χ1v) is 5.05. The van der Waals surface area contributed by atoms with Crippen LogP contribution in [0.4, 0.5) is 0 Å². The van der Waals surface area contributed by atoms with Gasteiger partial charge < -0.3 is 20.7 Å². The van der Waals surface area contributed by atoms with Gasteiger partial charge in [-0.05, 0) is 6.92 Å². The number of nitrogens with one attached hydrogen (secondary N) is 1. The molecular formula is C9H19N3O2. The molecule has 1 rings (SSSR count). The second-order valence-electron chi connectivity index (χ2n) is 3.40. The van der Waals surface area contributed by atoms with Crippen molar-refractivity contribution in [3.05, 3.63) is 0 Å². The van der Waals surface area contributed by atoms with Crippen LogP contribution in [0.25, 0.3) is 0 Å². The van der Waals surface area contributed by atoms with E-state index in [4.69, 9.17) is 10.5 Å². The zero-order valence-electron chi connectivity index (χ0n) is 8.66. The Labute approximate surface area is 84.6 Å². The molecule has 1 aliphatic rings. The molecule has 1 heterocycles. The fourth-order valence-electron chi connectivity index (χ4n) is 1.44. The highest BCUT2D eigenvalue weighted by Crippen LogP contribution is 2.00. The van der Waals surface area contributed by atoms with Crippen LogP contribution in [0.1, 0.15) is 6.92 Å². The molecule has 1 amide bonds. The molecule has 5 heteroatoms. The van der Waals surface area contributed by atoms with Crippen molar-refractivity contribution < 1.29 is 9.53 Å². The van der Waals surface area contributed by atoms with Gasteiger partial charge >= 0.3 is 0 Å². The maximum atomic E-state index is 11.8. The van der Waals surface area contributed by atoms with Crippen LogP contribution in [-0.4, -0.2) is 56.2 Å². The van der Waals surface area contributed by atoms with Crippen molar-refractivity contribution in [3.63, 3.8) is 0 Å².